The Balaban J connectivity index is 2.07. The Bertz CT molecular complexity index is 1370. The van der Waals surface area contributed by atoms with Crippen LogP contribution >= 0.6 is 36.0 Å². The number of nitroso groups, excluding NO2 is 1. The van der Waals surface area contributed by atoms with Crippen LogP contribution in [0.25, 0.3) is 0 Å². The maximum absolute atomic E-state index is 12.2. The first-order chi connectivity index (χ1) is 17.6. The van der Waals surface area contributed by atoms with Gasteiger partial charge in [0.1, 0.15) is 17.9 Å². The average molecular weight is 622 g/mol. The van der Waals surface area contributed by atoms with Gasteiger partial charge in [0.2, 0.25) is 5.91 Å². The van der Waals surface area contributed by atoms with Gasteiger partial charge < -0.3 is 29.8 Å². The first-order valence-corrected chi connectivity index (χ1v) is 15.2. The van der Waals surface area contributed by atoms with Gasteiger partial charge in [-0.25, -0.2) is 18.5 Å². The monoisotopic (exact) mass is 622 g/mol. The summed E-state index contributed by atoms with van der Waals surface area (Å²) < 4.78 is 52.4. The summed E-state index contributed by atoms with van der Waals surface area (Å²) in [6, 6.07) is 0. The molecule has 1 saturated heterocycles. The van der Waals surface area contributed by atoms with E-state index in [0.29, 0.717) is 5.75 Å². The lowest BCUT2D eigenvalue weighted by atomic mass is 10.2. The molecule has 2 rings (SSSR count). The van der Waals surface area contributed by atoms with Crippen molar-refractivity contribution in [1.82, 2.24) is 14.9 Å². The fourth-order valence-corrected chi connectivity index (χ4v) is 6.13. The molecule has 1 aromatic rings. The van der Waals surface area contributed by atoms with E-state index in [0.717, 1.165) is 10.8 Å². The Morgan fingerprint density at radius 1 is 1.26 bits per heavy atom. The number of amides is 1. The summed E-state index contributed by atoms with van der Waals surface area (Å²) in [5.74, 6) is 5.01. The Morgan fingerprint density at radius 2 is 1.95 bits per heavy atom. The van der Waals surface area contributed by atoms with Crippen LogP contribution in [0.1, 0.15) is 24.6 Å². The molecule has 0 bridgehead atoms. The molecule has 23 heteroatoms. The summed E-state index contributed by atoms with van der Waals surface area (Å²) in [6.45, 7) is -1.06. The van der Waals surface area contributed by atoms with Crippen molar-refractivity contribution in [3.8, 4) is 11.8 Å². The maximum Gasteiger partial charge on any atom is 0.496 e. The quantitative estimate of drug-likeness (QED) is 0.0643. The largest absolute Gasteiger partial charge is 0.496 e. The van der Waals surface area contributed by atoms with Gasteiger partial charge in [-0.3, -0.25) is 23.7 Å². The molecule has 0 saturated carbocycles. The summed E-state index contributed by atoms with van der Waals surface area (Å²) in [4.78, 5) is 76.9. The molecule has 38 heavy (non-hydrogen) atoms. The topological polar surface area (TPSA) is 282 Å². The minimum atomic E-state index is -5.79. The zero-order valence-corrected chi connectivity index (χ0v) is 22.4. The van der Waals surface area contributed by atoms with E-state index in [2.05, 4.69) is 42.9 Å². The van der Waals surface area contributed by atoms with E-state index < -0.39 is 59.7 Å². The molecule has 6 N–H and O–H groups in total. The number of ether oxygens (including phenoxy) is 1. The van der Waals surface area contributed by atoms with Gasteiger partial charge in [-0.15, -0.1) is 4.91 Å². The molecule has 0 radical (unpaired) electrons. The van der Waals surface area contributed by atoms with Gasteiger partial charge in [-0.05, 0) is 5.75 Å². The molecule has 2 heterocycles. The first-order valence-electron chi connectivity index (χ1n) is 10.0. The molecule has 0 spiro atoms. The van der Waals surface area contributed by atoms with Crippen molar-refractivity contribution in [2.24, 2.45) is 4.95 Å². The number of aromatic nitrogens is 2. The minimum absolute atomic E-state index is 0.0974. The van der Waals surface area contributed by atoms with Crippen molar-refractivity contribution in [1.29, 1.82) is 0 Å². The third-order valence-electron chi connectivity index (χ3n) is 4.34. The summed E-state index contributed by atoms with van der Waals surface area (Å²) in [5, 5.41) is 12.7. The fourth-order valence-electron chi connectivity index (χ4n) is 2.78. The highest BCUT2D eigenvalue weighted by Crippen LogP contribution is 2.67. The van der Waals surface area contributed by atoms with Crippen molar-refractivity contribution in [3.05, 3.63) is 37.5 Å². The second-order valence-corrected chi connectivity index (χ2v) is 12.2. The Hall–Kier alpha value is -1.97. The number of phosphoric acid groups is 2. The van der Waals surface area contributed by atoms with Gasteiger partial charge in [0, 0.05) is 24.0 Å². The molecule has 1 aliphatic rings. The van der Waals surface area contributed by atoms with Crippen LogP contribution < -0.4 is 16.6 Å². The highest BCUT2D eigenvalue weighted by atomic mass is 32.1. The van der Waals surface area contributed by atoms with E-state index >= 15 is 0 Å². The van der Waals surface area contributed by atoms with E-state index in [9.17, 15) is 47.9 Å². The molecule has 1 amide bonds. The molecule has 1 aromatic heterocycles. The maximum atomic E-state index is 12.2. The predicted octanol–water partition coefficient (Wildman–Crippen LogP) is -0.910. The molecular formula is C15H21N4O15P3S. The van der Waals surface area contributed by atoms with Crippen LogP contribution in [-0.2, 0) is 36.4 Å². The number of hydrogen-bond donors (Lipinski definition) is 7. The molecule has 1 fully saturated rings. The number of carbonyl (C=O) groups is 1. The normalized spacial score (nSPS) is 23.8. The molecule has 4 unspecified atom stereocenters. The second-order valence-electron chi connectivity index (χ2n) is 7.16. The van der Waals surface area contributed by atoms with Crippen molar-refractivity contribution in [3.63, 3.8) is 0 Å². The number of nitrogens with one attached hydrogen (secondary N) is 2. The number of hydrogen-bond acceptors (Lipinski definition) is 13. The molecule has 1 aliphatic heterocycles. The molecule has 0 aliphatic carbocycles. The first kappa shape index (κ1) is 32.2. The van der Waals surface area contributed by atoms with Crippen LogP contribution in [0.3, 0.4) is 0 Å². The lowest BCUT2D eigenvalue weighted by Crippen LogP contribution is -2.34. The molecule has 212 valence electrons. The molecule has 0 aromatic carbocycles. The highest BCUT2D eigenvalue weighted by molar-refractivity contribution is 7.80. The van der Waals surface area contributed by atoms with Crippen LogP contribution in [0.2, 0.25) is 0 Å². The lowest BCUT2D eigenvalue weighted by molar-refractivity contribution is -0.120. The molecular weight excluding hydrogens is 601 g/mol. The van der Waals surface area contributed by atoms with E-state index in [1.54, 1.807) is 0 Å². The standard InChI is InChI=1S/C15H21N4O15P3S/c20-10-6-13(19-7-9(14(22)17-15(19)23)2-1-4-16-12(21)3-5-38)32-11(10)8-31-36(27,28)34-37(29,30)33-35(25,26)18-24/h7,10-11,13,20,38H,3-6,8H2,(H,16,21)(H,25,26)(H,27,28)(H,29,30)(H,17,22,23)/t10-,11+,13?/m0/s1. The van der Waals surface area contributed by atoms with Crippen molar-refractivity contribution >= 4 is 41.9 Å². The number of phosphoric ester groups is 1. The van der Waals surface area contributed by atoms with Crippen LogP contribution in [0.15, 0.2) is 20.7 Å². The van der Waals surface area contributed by atoms with Gasteiger partial charge in [-0.1, -0.05) is 11.8 Å². The Labute approximate surface area is 217 Å². The minimum Gasteiger partial charge on any atom is -0.390 e. The van der Waals surface area contributed by atoms with Crippen LogP contribution in [-0.4, -0.2) is 66.4 Å². The smallest absolute Gasteiger partial charge is 0.390 e. The SMILES string of the molecule is O=NP(=O)(O)OP(=O)(O)OP(=O)(O)OC[C@H]1OC(n2cc(C#CCNC(=O)CCS)c(=O)[nH]c2=O)C[C@@H]1O. The summed E-state index contributed by atoms with van der Waals surface area (Å²) in [7, 11) is -16.8. The molecule has 6 atom stereocenters. The third-order valence-corrected chi connectivity index (χ3v) is 8.57. The van der Waals surface area contributed by atoms with E-state index in [1.807, 2.05) is 4.98 Å². The predicted molar refractivity (Wildman–Crippen MR) is 128 cm³/mol. The van der Waals surface area contributed by atoms with E-state index in [1.165, 1.54) is 4.95 Å². The van der Waals surface area contributed by atoms with Crippen molar-refractivity contribution in [2.45, 2.75) is 31.3 Å². The van der Waals surface area contributed by atoms with Crippen LogP contribution in [0.4, 0.5) is 0 Å². The molecule has 19 nitrogen and oxygen atoms in total. The Morgan fingerprint density at radius 3 is 2.58 bits per heavy atom. The third kappa shape index (κ3) is 9.97. The number of thiol groups is 1. The van der Waals surface area contributed by atoms with Gasteiger partial charge in [-0.2, -0.15) is 21.3 Å². The number of aromatic amines is 1. The summed E-state index contributed by atoms with van der Waals surface area (Å²) >= 11 is 3.91. The van der Waals surface area contributed by atoms with E-state index in [-0.39, 0.29) is 30.9 Å². The number of aliphatic hydroxyl groups is 1. The number of carbonyl (C=O) groups excluding carboxylic acids is 1. The van der Waals surface area contributed by atoms with Crippen LogP contribution in [0.5, 0.6) is 0 Å². The van der Waals surface area contributed by atoms with Gasteiger partial charge >= 0.3 is 29.1 Å². The van der Waals surface area contributed by atoms with Gasteiger partial charge in [0.05, 0.1) is 19.3 Å². The van der Waals surface area contributed by atoms with Crippen LogP contribution in [0, 0.1) is 16.7 Å². The summed E-state index contributed by atoms with van der Waals surface area (Å²) in [6.07, 6.45) is -3.18. The van der Waals surface area contributed by atoms with Gasteiger partial charge in [0.25, 0.3) is 5.56 Å². The number of rotatable bonds is 12. The zero-order valence-electron chi connectivity index (χ0n) is 18.8. The highest BCUT2D eigenvalue weighted by Gasteiger charge is 2.43. The van der Waals surface area contributed by atoms with Crippen molar-refractivity contribution < 1.29 is 56.2 Å². The summed E-state index contributed by atoms with van der Waals surface area (Å²) in [5.41, 5.74) is -1.98. The second kappa shape index (κ2) is 13.4. The van der Waals surface area contributed by atoms with Gasteiger partial charge in [0.15, 0.2) is 0 Å². The number of H-pyrrole nitrogens is 1. The number of nitrogens with zero attached hydrogens (tertiary/aromatic N) is 2. The number of aliphatic hydroxyl groups excluding tert-OH is 1. The Kier molecular flexibility index (Phi) is 11.4. The average Bonchev–Trinajstić information content (AvgIpc) is 3.15. The van der Waals surface area contributed by atoms with Crippen molar-refractivity contribution in [2.75, 3.05) is 18.9 Å². The zero-order chi connectivity index (χ0) is 28.7. The lowest BCUT2D eigenvalue weighted by Gasteiger charge is -2.19. The van der Waals surface area contributed by atoms with E-state index in [4.69, 9.17) is 9.63 Å². The fraction of sp³-hybridized carbons (Fsp3) is 0.533.